The lowest BCUT2D eigenvalue weighted by Gasteiger charge is -2.32. The van der Waals surface area contributed by atoms with Gasteiger partial charge in [0, 0.05) is 58.1 Å². The summed E-state index contributed by atoms with van der Waals surface area (Å²) in [5, 5.41) is 7.04. The number of fused-ring (bicyclic) bond motifs is 1. The van der Waals surface area contributed by atoms with Crippen LogP contribution >= 0.6 is 22.9 Å². The fourth-order valence-electron chi connectivity index (χ4n) is 4.73. The van der Waals surface area contributed by atoms with Gasteiger partial charge < -0.3 is 15.2 Å². The van der Waals surface area contributed by atoms with E-state index in [1.165, 1.54) is 15.8 Å². The number of carbonyl (C=O) groups is 2. The fourth-order valence-corrected chi connectivity index (χ4v) is 5.71. The number of benzene rings is 2. The first-order valence-corrected chi connectivity index (χ1v) is 12.8. The second-order valence-electron chi connectivity index (χ2n) is 8.70. The number of hydrogen-bond donors (Lipinski definition) is 2. The topological polar surface area (TPSA) is 65.2 Å². The molecule has 0 radical (unpaired) electrons. The Labute approximate surface area is 207 Å². The van der Waals surface area contributed by atoms with Crippen molar-refractivity contribution < 1.29 is 9.59 Å². The second kappa shape index (κ2) is 10.0. The van der Waals surface area contributed by atoms with E-state index in [9.17, 15) is 9.59 Å². The van der Waals surface area contributed by atoms with Crippen molar-refractivity contribution >= 4 is 45.7 Å². The van der Waals surface area contributed by atoms with Crippen LogP contribution in [0.2, 0.25) is 5.02 Å². The van der Waals surface area contributed by atoms with Crippen molar-refractivity contribution in [2.75, 3.05) is 19.6 Å². The van der Waals surface area contributed by atoms with Crippen molar-refractivity contribution in [2.45, 2.75) is 18.8 Å². The minimum atomic E-state index is -0.211. The van der Waals surface area contributed by atoms with E-state index in [4.69, 9.17) is 11.6 Å². The Kier molecular flexibility index (Phi) is 6.70. The average Bonchev–Trinajstić information content (AvgIpc) is 3.55. The number of piperidine rings is 1. The highest BCUT2D eigenvalue weighted by molar-refractivity contribution is 7.10. The van der Waals surface area contributed by atoms with Crippen molar-refractivity contribution in [3.05, 3.63) is 93.3 Å². The zero-order valence-corrected chi connectivity index (χ0v) is 20.2. The molecular weight excluding hydrogens is 466 g/mol. The van der Waals surface area contributed by atoms with E-state index in [1.54, 1.807) is 40.5 Å². The van der Waals surface area contributed by atoms with Gasteiger partial charge in [-0.25, -0.2) is 0 Å². The molecule has 0 saturated carbocycles. The number of nitrogens with one attached hydrogen (secondary N) is 2. The molecular formula is C27H26ClN3O2S. The Balaban J connectivity index is 1.28. The highest BCUT2D eigenvalue weighted by atomic mass is 35.5. The summed E-state index contributed by atoms with van der Waals surface area (Å²) in [6, 6.07) is 19.3. The Hall–Kier alpha value is -3.09. The molecule has 4 aromatic rings. The summed E-state index contributed by atoms with van der Waals surface area (Å²) in [6.07, 6.45) is 3.65. The molecule has 7 heteroatoms. The molecule has 5 rings (SSSR count). The molecule has 2 atom stereocenters. The highest BCUT2D eigenvalue weighted by Crippen LogP contribution is 2.33. The van der Waals surface area contributed by atoms with Gasteiger partial charge in [0.25, 0.3) is 5.91 Å². The van der Waals surface area contributed by atoms with E-state index >= 15 is 0 Å². The standard InChI is InChI=1S/C27H26ClN3O2S/c28-20-11-9-18(10-12-20)27(33)31-13-3-5-19(17-31)26(32)30-16-23(25-8-4-14-34-25)22-15-29-24-7-2-1-6-21(22)24/h1-2,4,6-12,14-15,19,23,29H,3,5,13,16-17H2,(H,30,32)/t19-,23-/m1/s1. The maximum Gasteiger partial charge on any atom is 0.253 e. The summed E-state index contributed by atoms with van der Waals surface area (Å²) in [5.41, 5.74) is 2.87. The molecule has 2 aromatic heterocycles. The van der Waals surface area contributed by atoms with Crippen molar-refractivity contribution in [1.82, 2.24) is 15.2 Å². The van der Waals surface area contributed by atoms with Crippen LogP contribution in [-0.4, -0.2) is 41.3 Å². The summed E-state index contributed by atoms with van der Waals surface area (Å²) >= 11 is 7.65. The molecule has 5 nitrogen and oxygen atoms in total. The first-order valence-electron chi connectivity index (χ1n) is 11.5. The molecule has 174 valence electrons. The number of thiophene rings is 1. The monoisotopic (exact) mass is 491 g/mol. The number of amides is 2. The number of para-hydroxylation sites is 1. The molecule has 0 unspecified atom stereocenters. The summed E-state index contributed by atoms with van der Waals surface area (Å²) in [7, 11) is 0. The van der Waals surface area contributed by atoms with E-state index in [2.05, 4.69) is 33.9 Å². The Morgan fingerprint density at radius 3 is 2.74 bits per heavy atom. The molecule has 0 aliphatic carbocycles. The van der Waals surface area contributed by atoms with Crippen LogP contribution in [0.4, 0.5) is 0 Å². The first kappa shape index (κ1) is 22.7. The molecule has 3 heterocycles. The van der Waals surface area contributed by atoms with Gasteiger partial charge in [-0.1, -0.05) is 35.9 Å². The SMILES string of the molecule is O=C(NC[C@@H](c1cccs1)c1c[nH]c2ccccc12)[C@@H]1CCCN(C(=O)c2ccc(Cl)cc2)C1. The number of nitrogens with zero attached hydrogens (tertiary/aromatic N) is 1. The normalized spacial score (nSPS) is 17.0. The molecule has 0 bridgehead atoms. The Morgan fingerprint density at radius 2 is 1.94 bits per heavy atom. The number of likely N-dealkylation sites (tertiary alicyclic amines) is 1. The van der Waals surface area contributed by atoms with Crippen LogP contribution in [-0.2, 0) is 4.79 Å². The zero-order valence-electron chi connectivity index (χ0n) is 18.7. The molecule has 1 saturated heterocycles. The van der Waals surface area contributed by atoms with Crippen LogP contribution in [0.25, 0.3) is 10.9 Å². The molecule has 2 amide bonds. The van der Waals surface area contributed by atoms with Gasteiger partial charge in [-0.2, -0.15) is 0 Å². The van der Waals surface area contributed by atoms with Gasteiger partial charge in [0.2, 0.25) is 5.91 Å². The lowest BCUT2D eigenvalue weighted by molar-refractivity contribution is -0.126. The largest absolute Gasteiger partial charge is 0.361 e. The molecule has 2 aromatic carbocycles. The average molecular weight is 492 g/mol. The third-order valence-electron chi connectivity index (χ3n) is 6.53. The van der Waals surface area contributed by atoms with Crippen LogP contribution in [0.5, 0.6) is 0 Å². The van der Waals surface area contributed by atoms with Gasteiger partial charge in [0.05, 0.1) is 5.92 Å². The van der Waals surface area contributed by atoms with Gasteiger partial charge >= 0.3 is 0 Å². The number of rotatable bonds is 6. The molecule has 34 heavy (non-hydrogen) atoms. The number of halogens is 1. The van der Waals surface area contributed by atoms with Crippen molar-refractivity contribution in [3.8, 4) is 0 Å². The maximum absolute atomic E-state index is 13.2. The van der Waals surface area contributed by atoms with Gasteiger partial charge in [0.1, 0.15) is 0 Å². The minimum Gasteiger partial charge on any atom is -0.361 e. The molecule has 1 fully saturated rings. The second-order valence-corrected chi connectivity index (χ2v) is 10.1. The van der Waals surface area contributed by atoms with E-state index in [-0.39, 0.29) is 23.7 Å². The van der Waals surface area contributed by atoms with Crippen molar-refractivity contribution in [3.63, 3.8) is 0 Å². The Bertz CT molecular complexity index is 1280. The molecule has 0 spiro atoms. The smallest absolute Gasteiger partial charge is 0.253 e. The lowest BCUT2D eigenvalue weighted by Crippen LogP contribution is -2.46. The highest BCUT2D eigenvalue weighted by Gasteiger charge is 2.30. The summed E-state index contributed by atoms with van der Waals surface area (Å²) in [4.78, 5) is 32.5. The maximum atomic E-state index is 13.2. The summed E-state index contributed by atoms with van der Waals surface area (Å²) in [5.74, 6) is -0.188. The molecule has 1 aliphatic heterocycles. The predicted octanol–water partition coefficient (Wildman–Crippen LogP) is 5.68. The summed E-state index contributed by atoms with van der Waals surface area (Å²) in [6.45, 7) is 1.62. The third-order valence-corrected chi connectivity index (χ3v) is 7.77. The Morgan fingerprint density at radius 1 is 1.12 bits per heavy atom. The van der Waals surface area contributed by atoms with Crippen LogP contribution in [0, 0.1) is 5.92 Å². The number of hydrogen-bond acceptors (Lipinski definition) is 3. The number of aromatic nitrogens is 1. The summed E-state index contributed by atoms with van der Waals surface area (Å²) < 4.78 is 0. The van der Waals surface area contributed by atoms with E-state index in [0.717, 1.165) is 18.4 Å². The van der Waals surface area contributed by atoms with Crippen LogP contribution in [0.3, 0.4) is 0 Å². The zero-order chi connectivity index (χ0) is 23.5. The van der Waals surface area contributed by atoms with Crippen LogP contribution < -0.4 is 5.32 Å². The van der Waals surface area contributed by atoms with Gasteiger partial charge in [0.15, 0.2) is 0 Å². The van der Waals surface area contributed by atoms with E-state index in [0.29, 0.717) is 30.2 Å². The quantitative estimate of drug-likeness (QED) is 0.364. The molecule has 2 N–H and O–H groups in total. The number of carbonyl (C=O) groups excluding carboxylic acids is 2. The van der Waals surface area contributed by atoms with E-state index in [1.807, 2.05) is 24.4 Å². The van der Waals surface area contributed by atoms with Gasteiger partial charge in [-0.15, -0.1) is 11.3 Å². The lowest BCUT2D eigenvalue weighted by atomic mass is 9.94. The van der Waals surface area contributed by atoms with Crippen molar-refractivity contribution in [2.24, 2.45) is 5.92 Å². The number of H-pyrrole nitrogens is 1. The third kappa shape index (κ3) is 4.74. The van der Waals surface area contributed by atoms with Crippen LogP contribution in [0.15, 0.2) is 72.2 Å². The van der Waals surface area contributed by atoms with E-state index < -0.39 is 0 Å². The predicted molar refractivity (Wildman–Crippen MR) is 138 cm³/mol. The first-order chi connectivity index (χ1) is 16.6. The minimum absolute atomic E-state index is 0.00926. The fraction of sp³-hybridized carbons (Fsp3) is 0.259. The van der Waals surface area contributed by atoms with Gasteiger partial charge in [-0.3, -0.25) is 9.59 Å². The molecule has 1 aliphatic rings. The van der Waals surface area contributed by atoms with Crippen LogP contribution in [0.1, 0.15) is 39.6 Å². The van der Waals surface area contributed by atoms with Crippen molar-refractivity contribution in [1.29, 1.82) is 0 Å². The number of aromatic amines is 1. The van der Waals surface area contributed by atoms with Gasteiger partial charge in [-0.05, 0) is 60.2 Å².